The molecule has 0 spiro atoms. The molecule has 7 nitrogen and oxygen atoms in total. The summed E-state index contributed by atoms with van der Waals surface area (Å²) in [5, 5.41) is 21.1. The summed E-state index contributed by atoms with van der Waals surface area (Å²) in [5.74, 6) is -0.476. The molecule has 1 aromatic carbocycles. The average Bonchev–Trinajstić information content (AvgIpc) is 2.89. The van der Waals surface area contributed by atoms with Crippen LogP contribution in [0.3, 0.4) is 0 Å². The van der Waals surface area contributed by atoms with Gasteiger partial charge in [0.1, 0.15) is 6.10 Å². The number of benzene rings is 1. The van der Waals surface area contributed by atoms with Crippen LogP contribution in [0.15, 0.2) is 30.3 Å². The van der Waals surface area contributed by atoms with Crippen LogP contribution in [0.2, 0.25) is 0 Å². The number of hydrogen-bond donors (Lipinski definition) is 1. The minimum absolute atomic E-state index is 0.422. The first-order valence-electron chi connectivity index (χ1n) is 6.79. The molecule has 2 aromatic rings. The maximum Gasteiger partial charge on any atom is 0.331 e. The Labute approximate surface area is 121 Å². The molecule has 0 aliphatic heterocycles. The molecule has 1 fully saturated rings. The third-order valence-corrected chi connectivity index (χ3v) is 4.05. The Morgan fingerprint density at radius 2 is 2.10 bits per heavy atom. The third-order valence-electron chi connectivity index (χ3n) is 4.05. The summed E-state index contributed by atoms with van der Waals surface area (Å²) in [4.78, 5) is 11.6. The van der Waals surface area contributed by atoms with Gasteiger partial charge in [0, 0.05) is 7.11 Å². The zero-order valence-electron chi connectivity index (χ0n) is 11.6. The Bertz CT molecular complexity index is 637. The van der Waals surface area contributed by atoms with Crippen LogP contribution in [0, 0.1) is 0 Å². The van der Waals surface area contributed by atoms with E-state index in [-0.39, 0.29) is 0 Å². The Balaban J connectivity index is 2.04. The predicted molar refractivity (Wildman–Crippen MR) is 72.6 cm³/mol. The second kappa shape index (κ2) is 5.25. The fraction of sp³-hybridized carbons (Fsp3) is 0.429. The largest absolute Gasteiger partial charge is 0.479 e. The van der Waals surface area contributed by atoms with Crippen LogP contribution in [0.4, 0.5) is 0 Å². The van der Waals surface area contributed by atoms with Crippen molar-refractivity contribution in [2.75, 3.05) is 7.11 Å². The van der Waals surface area contributed by atoms with Crippen molar-refractivity contribution in [2.24, 2.45) is 0 Å². The molecule has 1 N–H and O–H groups in total. The minimum atomic E-state index is -1.04. The first-order valence-corrected chi connectivity index (χ1v) is 6.79. The van der Waals surface area contributed by atoms with E-state index < -0.39 is 17.6 Å². The standard InChI is InChI=1S/C14H16N4O3/c1-21-11(10-6-3-2-4-7-10)12-15-16-17-18(12)14(13(19)20)8-5-9-14/h2-4,6-7,11H,5,8-9H2,1H3,(H,19,20). The lowest BCUT2D eigenvalue weighted by Gasteiger charge is -2.38. The molecule has 21 heavy (non-hydrogen) atoms. The van der Waals surface area contributed by atoms with Crippen LogP contribution < -0.4 is 0 Å². The first-order chi connectivity index (χ1) is 10.2. The van der Waals surface area contributed by atoms with E-state index in [9.17, 15) is 9.90 Å². The summed E-state index contributed by atoms with van der Waals surface area (Å²) in [7, 11) is 1.56. The Hall–Kier alpha value is -2.28. The van der Waals surface area contributed by atoms with Crippen molar-refractivity contribution in [1.29, 1.82) is 0 Å². The van der Waals surface area contributed by atoms with Gasteiger partial charge in [0.05, 0.1) is 0 Å². The van der Waals surface area contributed by atoms with Crippen LogP contribution in [-0.2, 0) is 15.1 Å². The molecule has 1 atom stereocenters. The number of carboxylic acid groups (broad SMARTS) is 1. The molecule has 0 amide bonds. The van der Waals surface area contributed by atoms with Crippen molar-refractivity contribution in [3.8, 4) is 0 Å². The highest BCUT2D eigenvalue weighted by Crippen LogP contribution is 2.41. The fourth-order valence-corrected chi connectivity index (χ4v) is 2.71. The van der Waals surface area contributed by atoms with Crippen molar-refractivity contribution in [3.05, 3.63) is 41.7 Å². The maximum absolute atomic E-state index is 11.6. The molecule has 0 bridgehead atoms. The molecule has 1 unspecified atom stereocenters. The molecular weight excluding hydrogens is 272 g/mol. The van der Waals surface area contributed by atoms with Gasteiger partial charge in [-0.1, -0.05) is 30.3 Å². The number of carboxylic acids is 1. The summed E-state index contributed by atoms with van der Waals surface area (Å²) < 4.78 is 6.93. The van der Waals surface area contributed by atoms with Gasteiger partial charge in [0.25, 0.3) is 0 Å². The highest BCUT2D eigenvalue weighted by Gasteiger charge is 2.49. The molecule has 1 aromatic heterocycles. The second-order valence-corrected chi connectivity index (χ2v) is 5.17. The predicted octanol–water partition coefficient (Wildman–Crippen LogP) is 1.37. The number of ether oxygens (including phenoxy) is 1. The van der Waals surface area contributed by atoms with Gasteiger partial charge in [-0.25, -0.2) is 9.48 Å². The first kappa shape index (κ1) is 13.7. The molecular formula is C14H16N4O3. The number of methoxy groups -OCH3 is 1. The normalized spacial score (nSPS) is 18.0. The van der Waals surface area contributed by atoms with Crippen molar-refractivity contribution in [1.82, 2.24) is 20.2 Å². The van der Waals surface area contributed by atoms with E-state index in [0.29, 0.717) is 18.7 Å². The highest BCUT2D eigenvalue weighted by atomic mass is 16.5. The van der Waals surface area contributed by atoms with E-state index in [2.05, 4.69) is 15.5 Å². The summed E-state index contributed by atoms with van der Waals surface area (Å²) in [6.45, 7) is 0. The number of hydrogen-bond acceptors (Lipinski definition) is 5. The molecule has 110 valence electrons. The molecule has 1 heterocycles. The number of nitrogens with zero attached hydrogens (tertiary/aromatic N) is 4. The SMILES string of the molecule is COC(c1ccccc1)c1nnnn1C1(C(=O)O)CCC1. The molecule has 1 saturated carbocycles. The van der Waals surface area contributed by atoms with Gasteiger partial charge < -0.3 is 9.84 Å². The van der Waals surface area contributed by atoms with Gasteiger partial charge in [-0.3, -0.25) is 0 Å². The van der Waals surface area contributed by atoms with E-state index in [1.807, 2.05) is 30.3 Å². The molecule has 1 aliphatic carbocycles. The fourth-order valence-electron chi connectivity index (χ4n) is 2.71. The van der Waals surface area contributed by atoms with Crippen LogP contribution in [0.1, 0.15) is 36.8 Å². The van der Waals surface area contributed by atoms with Crippen LogP contribution in [0.25, 0.3) is 0 Å². The van der Waals surface area contributed by atoms with Crippen molar-refractivity contribution >= 4 is 5.97 Å². The summed E-state index contributed by atoms with van der Waals surface area (Å²) in [5.41, 5.74) is -0.152. The number of rotatable bonds is 5. The third kappa shape index (κ3) is 2.09. The zero-order chi connectivity index (χ0) is 14.9. The summed E-state index contributed by atoms with van der Waals surface area (Å²) >= 11 is 0. The van der Waals surface area contributed by atoms with E-state index in [0.717, 1.165) is 12.0 Å². The van der Waals surface area contributed by atoms with Gasteiger partial charge in [-0.05, 0) is 35.3 Å². The van der Waals surface area contributed by atoms with E-state index >= 15 is 0 Å². The molecule has 1 aliphatic rings. The zero-order valence-corrected chi connectivity index (χ0v) is 11.6. The van der Waals surface area contributed by atoms with Gasteiger partial charge >= 0.3 is 5.97 Å². The number of tetrazole rings is 1. The Morgan fingerprint density at radius 3 is 2.62 bits per heavy atom. The van der Waals surface area contributed by atoms with Gasteiger partial charge in [0.15, 0.2) is 11.4 Å². The molecule has 7 heteroatoms. The topological polar surface area (TPSA) is 90.1 Å². The van der Waals surface area contributed by atoms with E-state index in [1.165, 1.54) is 4.68 Å². The lowest BCUT2D eigenvalue weighted by molar-refractivity contribution is -0.153. The number of carbonyl (C=O) groups is 1. The van der Waals surface area contributed by atoms with Crippen molar-refractivity contribution < 1.29 is 14.6 Å². The Morgan fingerprint density at radius 1 is 1.38 bits per heavy atom. The lowest BCUT2D eigenvalue weighted by atomic mass is 9.76. The van der Waals surface area contributed by atoms with Crippen molar-refractivity contribution in [3.63, 3.8) is 0 Å². The molecule has 0 radical (unpaired) electrons. The minimum Gasteiger partial charge on any atom is -0.479 e. The van der Waals surface area contributed by atoms with Crippen LogP contribution in [0.5, 0.6) is 0 Å². The van der Waals surface area contributed by atoms with E-state index in [4.69, 9.17) is 4.74 Å². The van der Waals surface area contributed by atoms with Gasteiger partial charge in [0.2, 0.25) is 0 Å². The second-order valence-electron chi connectivity index (χ2n) is 5.17. The van der Waals surface area contributed by atoms with Gasteiger partial charge in [-0.15, -0.1) is 5.10 Å². The quantitative estimate of drug-likeness (QED) is 0.893. The van der Waals surface area contributed by atoms with E-state index in [1.54, 1.807) is 7.11 Å². The molecule has 0 saturated heterocycles. The lowest BCUT2D eigenvalue weighted by Crippen LogP contribution is -2.49. The monoisotopic (exact) mass is 288 g/mol. The summed E-state index contributed by atoms with van der Waals surface area (Å²) in [6.07, 6.45) is 1.43. The smallest absolute Gasteiger partial charge is 0.331 e. The highest BCUT2D eigenvalue weighted by molar-refractivity contribution is 5.77. The van der Waals surface area contributed by atoms with Crippen LogP contribution >= 0.6 is 0 Å². The number of aliphatic carboxylic acids is 1. The number of aromatic nitrogens is 4. The average molecular weight is 288 g/mol. The van der Waals surface area contributed by atoms with Crippen LogP contribution in [-0.4, -0.2) is 38.4 Å². The summed E-state index contributed by atoms with van der Waals surface area (Å²) in [6, 6.07) is 9.50. The molecule has 3 rings (SSSR count). The van der Waals surface area contributed by atoms with Crippen molar-refractivity contribution in [2.45, 2.75) is 30.9 Å². The maximum atomic E-state index is 11.6. The Kier molecular flexibility index (Phi) is 3.42. The van der Waals surface area contributed by atoms with Gasteiger partial charge in [-0.2, -0.15) is 0 Å².